The second-order valence-corrected chi connectivity index (χ2v) is 7.43. The Morgan fingerprint density at radius 1 is 0.682 bits per heavy atom. The molecule has 1 aromatic heterocycles. The first kappa shape index (κ1) is 15.3. The molecule has 0 N–H and O–H groups in total. The van der Waals surface area contributed by atoms with Crippen LogP contribution in [-0.4, -0.2) is 0 Å². The van der Waals surface area contributed by atoms with Gasteiger partial charge in [-0.15, -0.1) is 23.5 Å². The molecule has 0 aliphatic heterocycles. The summed E-state index contributed by atoms with van der Waals surface area (Å²) in [7, 11) is 0. The van der Waals surface area contributed by atoms with Crippen molar-refractivity contribution in [3.63, 3.8) is 0 Å². The summed E-state index contributed by atoms with van der Waals surface area (Å²) in [5.74, 6) is 3.03. The molecule has 3 rings (SSSR count). The first-order valence-corrected chi connectivity index (χ1v) is 9.36. The molecule has 0 aliphatic rings. The predicted molar refractivity (Wildman–Crippen MR) is 96.9 cm³/mol. The van der Waals surface area contributed by atoms with Crippen LogP contribution in [-0.2, 0) is 11.5 Å². The smallest absolute Gasteiger partial charge is 0.126 e. The summed E-state index contributed by atoms with van der Waals surface area (Å²) in [6.45, 7) is 0. The third-order valence-electron chi connectivity index (χ3n) is 3.26. The van der Waals surface area contributed by atoms with Gasteiger partial charge in [0.15, 0.2) is 0 Å². The maximum Gasteiger partial charge on any atom is 0.126 e. The Morgan fingerprint density at radius 2 is 1.23 bits per heavy atom. The maximum atomic E-state index is 5.63. The Bertz CT molecular complexity index is 607. The number of furan rings is 1. The van der Waals surface area contributed by atoms with E-state index in [4.69, 9.17) is 4.42 Å². The fraction of sp³-hybridized carbons (Fsp3) is 0.158. The molecule has 0 radical (unpaired) electrons. The monoisotopic (exact) mass is 326 g/mol. The van der Waals surface area contributed by atoms with E-state index in [1.54, 1.807) is 6.26 Å². The molecule has 0 atom stereocenters. The molecule has 0 saturated heterocycles. The van der Waals surface area contributed by atoms with Gasteiger partial charge in [-0.25, -0.2) is 0 Å². The highest BCUT2D eigenvalue weighted by Crippen LogP contribution is 2.42. The zero-order valence-corrected chi connectivity index (χ0v) is 13.9. The summed E-state index contributed by atoms with van der Waals surface area (Å²) in [5.41, 5.74) is 2.70. The largest absolute Gasteiger partial charge is 0.467 e. The molecule has 3 heteroatoms. The van der Waals surface area contributed by atoms with Crippen molar-refractivity contribution in [1.29, 1.82) is 0 Å². The minimum absolute atomic E-state index is 0.315. The van der Waals surface area contributed by atoms with E-state index in [-0.39, 0.29) is 0 Å². The van der Waals surface area contributed by atoms with E-state index in [1.807, 2.05) is 29.6 Å². The van der Waals surface area contributed by atoms with Crippen LogP contribution in [0.2, 0.25) is 0 Å². The van der Waals surface area contributed by atoms with Crippen LogP contribution in [0.15, 0.2) is 83.5 Å². The van der Waals surface area contributed by atoms with E-state index >= 15 is 0 Å². The average molecular weight is 326 g/mol. The topological polar surface area (TPSA) is 13.1 Å². The van der Waals surface area contributed by atoms with Crippen molar-refractivity contribution in [3.05, 3.63) is 95.9 Å². The van der Waals surface area contributed by atoms with Gasteiger partial charge in [0.25, 0.3) is 0 Å². The van der Waals surface area contributed by atoms with Gasteiger partial charge < -0.3 is 4.42 Å². The van der Waals surface area contributed by atoms with E-state index in [1.165, 1.54) is 11.1 Å². The summed E-state index contributed by atoms with van der Waals surface area (Å²) < 4.78 is 5.95. The molecule has 0 spiro atoms. The average Bonchev–Trinajstić information content (AvgIpc) is 3.11. The van der Waals surface area contributed by atoms with E-state index in [9.17, 15) is 0 Å². The molecular formula is C19H18OS2. The molecule has 0 saturated carbocycles. The third kappa shape index (κ3) is 4.46. The Morgan fingerprint density at radius 3 is 1.68 bits per heavy atom. The van der Waals surface area contributed by atoms with Crippen LogP contribution in [0.3, 0.4) is 0 Å². The zero-order chi connectivity index (χ0) is 15.0. The molecule has 112 valence electrons. The highest BCUT2D eigenvalue weighted by molar-refractivity contribution is 8.15. The van der Waals surface area contributed by atoms with Crippen LogP contribution < -0.4 is 0 Å². The molecule has 0 aliphatic carbocycles. The van der Waals surface area contributed by atoms with Crippen LogP contribution in [0.25, 0.3) is 0 Å². The lowest BCUT2D eigenvalue weighted by atomic mass is 10.2. The van der Waals surface area contributed by atoms with Gasteiger partial charge >= 0.3 is 0 Å². The van der Waals surface area contributed by atoms with Crippen LogP contribution >= 0.6 is 23.5 Å². The molecule has 1 nitrogen and oxygen atoms in total. The van der Waals surface area contributed by atoms with Crippen LogP contribution in [0.5, 0.6) is 0 Å². The van der Waals surface area contributed by atoms with Gasteiger partial charge in [-0.3, -0.25) is 0 Å². The van der Waals surface area contributed by atoms with E-state index < -0.39 is 0 Å². The van der Waals surface area contributed by atoms with Crippen LogP contribution in [0.1, 0.15) is 21.5 Å². The number of benzene rings is 2. The lowest BCUT2D eigenvalue weighted by Gasteiger charge is -2.14. The molecule has 0 amide bonds. The summed E-state index contributed by atoms with van der Waals surface area (Å²) in [6.07, 6.45) is 1.76. The zero-order valence-electron chi connectivity index (χ0n) is 12.2. The fourth-order valence-electron chi connectivity index (χ4n) is 2.13. The van der Waals surface area contributed by atoms with Gasteiger partial charge in [-0.05, 0) is 23.3 Å². The fourth-order valence-corrected chi connectivity index (χ4v) is 4.59. The van der Waals surface area contributed by atoms with E-state index in [0.29, 0.717) is 4.58 Å². The van der Waals surface area contributed by atoms with Crippen LogP contribution in [0, 0.1) is 0 Å². The van der Waals surface area contributed by atoms with Crippen molar-refractivity contribution < 1.29 is 4.42 Å². The van der Waals surface area contributed by atoms with Crippen molar-refractivity contribution in [2.75, 3.05) is 0 Å². The van der Waals surface area contributed by atoms with Gasteiger partial charge in [0, 0.05) is 11.5 Å². The van der Waals surface area contributed by atoms with Crippen molar-refractivity contribution in [1.82, 2.24) is 0 Å². The normalized spacial score (nSPS) is 11.0. The Kier molecular flexibility index (Phi) is 5.68. The second-order valence-electron chi connectivity index (χ2n) is 4.94. The molecule has 2 aromatic carbocycles. The molecule has 0 fully saturated rings. The Labute approximate surface area is 140 Å². The van der Waals surface area contributed by atoms with Gasteiger partial charge in [-0.1, -0.05) is 60.7 Å². The summed E-state index contributed by atoms with van der Waals surface area (Å²) in [4.78, 5) is 0. The summed E-state index contributed by atoms with van der Waals surface area (Å²) in [6, 6.07) is 25.2. The van der Waals surface area contributed by atoms with Gasteiger partial charge in [0.1, 0.15) is 10.3 Å². The predicted octanol–water partition coefficient (Wildman–Crippen LogP) is 6.15. The molecule has 22 heavy (non-hydrogen) atoms. The van der Waals surface area contributed by atoms with E-state index in [0.717, 1.165) is 17.3 Å². The van der Waals surface area contributed by atoms with Crippen molar-refractivity contribution in [3.8, 4) is 0 Å². The molecule has 0 bridgehead atoms. The molecule has 0 unspecified atom stereocenters. The number of thioether (sulfide) groups is 2. The highest BCUT2D eigenvalue weighted by Gasteiger charge is 2.15. The van der Waals surface area contributed by atoms with Crippen LogP contribution in [0.4, 0.5) is 0 Å². The summed E-state index contributed by atoms with van der Waals surface area (Å²) in [5, 5.41) is 0. The molecule has 3 aromatic rings. The SMILES string of the molecule is c1ccc(CSC(SCc2ccccc2)c2ccco2)cc1. The van der Waals surface area contributed by atoms with Crippen molar-refractivity contribution in [2.45, 2.75) is 16.1 Å². The second kappa shape index (κ2) is 8.16. The number of hydrogen-bond acceptors (Lipinski definition) is 3. The minimum Gasteiger partial charge on any atom is -0.467 e. The Hall–Kier alpha value is -1.58. The van der Waals surface area contributed by atoms with Gasteiger partial charge in [0.2, 0.25) is 0 Å². The molecule has 1 heterocycles. The van der Waals surface area contributed by atoms with Gasteiger partial charge in [0.05, 0.1) is 6.26 Å². The number of rotatable bonds is 7. The Balaban J connectivity index is 1.63. The van der Waals surface area contributed by atoms with Crippen molar-refractivity contribution in [2.24, 2.45) is 0 Å². The van der Waals surface area contributed by atoms with E-state index in [2.05, 4.69) is 66.7 Å². The first-order valence-electron chi connectivity index (χ1n) is 7.26. The lowest BCUT2D eigenvalue weighted by Crippen LogP contribution is -1.91. The highest BCUT2D eigenvalue weighted by atomic mass is 32.2. The number of hydrogen-bond donors (Lipinski definition) is 0. The third-order valence-corrected chi connectivity index (χ3v) is 6.15. The quantitative estimate of drug-likeness (QED) is 0.484. The maximum absolute atomic E-state index is 5.63. The van der Waals surface area contributed by atoms with Crippen molar-refractivity contribution >= 4 is 23.5 Å². The first-order chi connectivity index (χ1) is 10.9. The minimum atomic E-state index is 0.315. The summed E-state index contributed by atoms with van der Waals surface area (Å²) >= 11 is 3.84. The van der Waals surface area contributed by atoms with Gasteiger partial charge in [-0.2, -0.15) is 0 Å². The standard InChI is InChI=1S/C19H18OS2/c1-3-8-16(9-4-1)14-21-19(18-12-7-13-20-18)22-15-17-10-5-2-6-11-17/h1-13,19H,14-15H2. The lowest BCUT2D eigenvalue weighted by molar-refractivity contribution is 0.528. The molecular weight excluding hydrogens is 308 g/mol.